The molecule has 2 amide bonds. The molecule has 10 N–H and O–H groups in total. The molecule has 0 aromatic heterocycles. The first-order valence-corrected chi connectivity index (χ1v) is 14.4. The molecule has 3 aromatic rings. The van der Waals surface area contributed by atoms with E-state index in [4.69, 9.17) is 30.4 Å². The molecule has 0 bridgehead atoms. The number of ether oxygens (including phenoxy) is 4. The van der Waals surface area contributed by atoms with Gasteiger partial charge in [-0.15, -0.1) is 0 Å². The Labute approximate surface area is 260 Å². The fourth-order valence-electron chi connectivity index (χ4n) is 4.86. The Kier molecular flexibility index (Phi) is 11.4. The first-order valence-electron chi connectivity index (χ1n) is 14.4. The van der Waals surface area contributed by atoms with Crippen LogP contribution < -0.4 is 37.8 Å². The summed E-state index contributed by atoms with van der Waals surface area (Å²) >= 11 is 0. The van der Waals surface area contributed by atoms with Crippen molar-refractivity contribution in [3.63, 3.8) is 0 Å². The summed E-state index contributed by atoms with van der Waals surface area (Å²) in [4.78, 5) is 23.5. The van der Waals surface area contributed by atoms with E-state index in [9.17, 15) is 20.0 Å². The Balaban J connectivity index is 1.42. The summed E-state index contributed by atoms with van der Waals surface area (Å²) in [5, 5.41) is 25.9. The minimum absolute atomic E-state index is 0.145. The molecule has 0 radical (unpaired) electrons. The van der Waals surface area contributed by atoms with Gasteiger partial charge < -0.3 is 41.0 Å². The van der Waals surface area contributed by atoms with Gasteiger partial charge in [-0.3, -0.25) is 31.0 Å². The fraction of sp³-hybridized carbons (Fsp3) is 0.355. The first-order chi connectivity index (χ1) is 21.6. The van der Waals surface area contributed by atoms with Crippen molar-refractivity contribution in [3.05, 3.63) is 77.4 Å². The van der Waals surface area contributed by atoms with E-state index in [-0.39, 0.29) is 42.2 Å². The monoisotopic (exact) mass is 624 g/mol. The van der Waals surface area contributed by atoms with Gasteiger partial charge in [0.1, 0.15) is 23.6 Å². The van der Waals surface area contributed by atoms with Crippen LogP contribution in [0.25, 0.3) is 0 Å². The Hall–Kier alpha value is -4.60. The van der Waals surface area contributed by atoms with Crippen LogP contribution in [0.3, 0.4) is 0 Å². The van der Waals surface area contributed by atoms with Gasteiger partial charge in [-0.05, 0) is 49.7 Å². The van der Waals surface area contributed by atoms with Crippen LogP contribution in [0.15, 0.2) is 60.7 Å². The van der Waals surface area contributed by atoms with Gasteiger partial charge in [0, 0.05) is 30.6 Å². The largest absolute Gasteiger partial charge is 0.491 e. The number of hydrogen-bond donors (Lipinski definition) is 8. The average Bonchev–Trinajstić information content (AvgIpc) is 3.33. The maximum atomic E-state index is 12.0. The topological polar surface area (TPSA) is 212 Å². The molecule has 1 aliphatic heterocycles. The smallest absolute Gasteiger partial charge is 0.248 e. The Morgan fingerprint density at radius 2 is 1.47 bits per heavy atom. The number of nitrogens with two attached hydrogens (primary N) is 2. The lowest BCUT2D eigenvalue weighted by atomic mass is 10.1. The number of amides is 2. The molecule has 1 saturated heterocycles. The highest BCUT2D eigenvalue weighted by Crippen LogP contribution is 2.36. The number of benzene rings is 3. The van der Waals surface area contributed by atoms with Crippen LogP contribution in [-0.2, 0) is 20.8 Å². The summed E-state index contributed by atoms with van der Waals surface area (Å²) in [6.45, 7) is 5.29. The lowest BCUT2D eigenvalue weighted by Crippen LogP contribution is -2.35. The van der Waals surface area contributed by atoms with Crippen LogP contribution in [0.1, 0.15) is 46.5 Å². The minimum Gasteiger partial charge on any atom is -0.491 e. The van der Waals surface area contributed by atoms with Crippen LogP contribution >= 0.6 is 0 Å². The predicted octanol–water partition coefficient (Wildman–Crippen LogP) is 3.52. The third kappa shape index (κ3) is 9.20. The van der Waals surface area contributed by atoms with Crippen molar-refractivity contribution >= 4 is 34.6 Å². The van der Waals surface area contributed by atoms with Gasteiger partial charge in [0.25, 0.3) is 0 Å². The lowest BCUT2D eigenvalue weighted by molar-refractivity contribution is -0.144. The Morgan fingerprint density at radius 1 is 0.822 bits per heavy atom. The van der Waals surface area contributed by atoms with E-state index < -0.39 is 29.8 Å². The number of carbonyl (C=O) groups is 2. The second-order valence-electron chi connectivity index (χ2n) is 10.8. The van der Waals surface area contributed by atoms with Crippen molar-refractivity contribution in [1.29, 1.82) is 0 Å². The van der Waals surface area contributed by atoms with Gasteiger partial charge in [-0.25, -0.2) is 0 Å². The standard InChI is InChI=1S/C31H40N6O8/c1-31(2)44-26(16-34-22-10-9-20(29(32)38)13-23(22)36-40)27(45-31)17-35-28-24(37-41)14-21(30(33)39)15-25(28)43-12-6-11-42-18-19-7-4-3-5-8-19/h3-5,7-10,13-15,26-27,34-37,40-41H,6,11-12,16-18H2,1-2H3,(H2,32,38)(H2,33,39)/t26-,27?/m1/s1. The molecule has 2 atom stereocenters. The van der Waals surface area contributed by atoms with Crippen molar-refractivity contribution in [2.24, 2.45) is 11.5 Å². The molecule has 1 unspecified atom stereocenters. The minimum atomic E-state index is -0.903. The molecule has 14 nitrogen and oxygen atoms in total. The molecule has 3 aromatic carbocycles. The normalized spacial score (nSPS) is 17.0. The SMILES string of the molecule is CC1(C)OC(CNc2c(NO)cc(C(N)=O)cc2OCCCOCc2ccccc2)[C@@H](CNc2ccc(C(N)=O)cc2NO)O1. The molecule has 1 aliphatic rings. The number of rotatable bonds is 17. The second kappa shape index (κ2) is 15.4. The molecular formula is C31H40N6O8. The predicted molar refractivity (Wildman–Crippen MR) is 168 cm³/mol. The van der Waals surface area contributed by atoms with E-state index in [1.165, 1.54) is 24.3 Å². The summed E-state index contributed by atoms with van der Waals surface area (Å²) in [6.07, 6.45) is -0.373. The molecule has 0 spiro atoms. The highest BCUT2D eigenvalue weighted by molar-refractivity contribution is 5.96. The van der Waals surface area contributed by atoms with Crippen molar-refractivity contribution in [1.82, 2.24) is 0 Å². The molecule has 242 valence electrons. The highest BCUT2D eigenvalue weighted by Gasteiger charge is 2.41. The van der Waals surface area contributed by atoms with Gasteiger partial charge >= 0.3 is 0 Å². The summed E-state index contributed by atoms with van der Waals surface area (Å²) in [5.74, 6) is -1.92. The molecule has 0 aliphatic carbocycles. The molecule has 1 fully saturated rings. The van der Waals surface area contributed by atoms with Crippen LogP contribution in [0.5, 0.6) is 5.75 Å². The number of anilines is 4. The van der Waals surface area contributed by atoms with Gasteiger partial charge in [0.2, 0.25) is 11.8 Å². The first kappa shape index (κ1) is 33.3. The van der Waals surface area contributed by atoms with Gasteiger partial charge in [-0.1, -0.05) is 30.3 Å². The number of carbonyl (C=O) groups excluding carboxylic acids is 2. The molecule has 45 heavy (non-hydrogen) atoms. The highest BCUT2D eigenvalue weighted by atomic mass is 16.8. The van der Waals surface area contributed by atoms with E-state index in [0.29, 0.717) is 36.8 Å². The fourth-order valence-corrected chi connectivity index (χ4v) is 4.86. The van der Waals surface area contributed by atoms with Crippen LogP contribution in [0, 0.1) is 0 Å². The summed E-state index contributed by atoms with van der Waals surface area (Å²) < 4.78 is 24.0. The van der Waals surface area contributed by atoms with Gasteiger partial charge in [0.05, 0.1) is 36.9 Å². The number of nitrogens with one attached hydrogen (secondary N) is 4. The molecule has 1 heterocycles. The third-order valence-electron chi connectivity index (χ3n) is 6.99. The zero-order chi connectivity index (χ0) is 32.4. The number of hydrogen-bond acceptors (Lipinski definition) is 12. The van der Waals surface area contributed by atoms with Crippen LogP contribution in [0.4, 0.5) is 22.7 Å². The molecule has 14 heteroatoms. The zero-order valence-corrected chi connectivity index (χ0v) is 25.2. The van der Waals surface area contributed by atoms with E-state index in [0.717, 1.165) is 5.56 Å². The molecule has 0 saturated carbocycles. The summed E-state index contributed by atoms with van der Waals surface area (Å²) in [6, 6.07) is 17.3. The molecule has 4 rings (SSSR count). The molecular weight excluding hydrogens is 584 g/mol. The van der Waals surface area contributed by atoms with Gasteiger partial charge in [-0.2, -0.15) is 0 Å². The summed E-state index contributed by atoms with van der Waals surface area (Å²) in [5.41, 5.74) is 17.8. The van der Waals surface area contributed by atoms with E-state index in [1.54, 1.807) is 19.9 Å². The second-order valence-corrected chi connectivity index (χ2v) is 10.8. The number of primary amides is 2. The maximum absolute atomic E-state index is 12.0. The van der Waals surface area contributed by atoms with Crippen molar-refractivity contribution in [3.8, 4) is 5.75 Å². The maximum Gasteiger partial charge on any atom is 0.248 e. The lowest BCUT2D eigenvalue weighted by Gasteiger charge is -2.22. The quantitative estimate of drug-likeness (QED) is 0.0801. The van der Waals surface area contributed by atoms with E-state index in [1.807, 2.05) is 30.3 Å². The van der Waals surface area contributed by atoms with Crippen LogP contribution in [-0.4, -0.2) is 66.5 Å². The third-order valence-corrected chi connectivity index (χ3v) is 6.99. The van der Waals surface area contributed by atoms with E-state index >= 15 is 0 Å². The van der Waals surface area contributed by atoms with Crippen LogP contribution in [0.2, 0.25) is 0 Å². The average molecular weight is 625 g/mol. The zero-order valence-electron chi connectivity index (χ0n) is 25.2. The van der Waals surface area contributed by atoms with Crippen molar-refractivity contribution < 1.29 is 39.0 Å². The van der Waals surface area contributed by atoms with E-state index in [2.05, 4.69) is 21.6 Å². The van der Waals surface area contributed by atoms with Crippen molar-refractivity contribution in [2.45, 2.75) is 44.9 Å². The van der Waals surface area contributed by atoms with Gasteiger partial charge in [0.15, 0.2) is 5.79 Å². The Bertz CT molecular complexity index is 1460. The van der Waals surface area contributed by atoms with Crippen molar-refractivity contribution in [2.75, 3.05) is 47.9 Å². The summed E-state index contributed by atoms with van der Waals surface area (Å²) in [7, 11) is 0. The Morgan fingerprint density at radius 3 is 2.11 bits per heavy atom.